The van der Waals surface area contributed by atoms with E-state index in [4.69, 9.17) is 4.42 Å². The molecule has 3 heterocycles. The van der Waals surface area contributed by atoms with E-state index in [0.717, 1.165) is 44.9 Å². The van der Waals surface area contributed by atoms with Gasteiger partial charge in [-0.25, -0.2) is 4.99 Å². The van der Waals surface area contributed by atoms with Crippen LogP contribution < -0.4 is 10.6 Å². The molecule has 1 aliphatic heterocycles. The Morgan fingerprint density at radius 1 is 1.37 bits per heavy atom. The number of hydrogen-bond donors (Lipinski definition) is 3. The lowest BCUT2D eigenvalue weighted by Gasteiger charge is -2.27. The number of fused-ring (bicyclic) bond motifs is 1. The third-order valence-electron chi connectivity index (χ3n) is 4.77. The summed E-state index contributed by atoms with van der Waals surface area (Å²) in [5.41, 5.74) is 0.343. The molecule has 0 fully saturated rings. The van der Waals surface area contributed by atoms with Crippen LogP contribution in [-0.2, 0) is 18.6 Å². The van der Waals surface area contributed by atoms with Crippen molar-refractivity contribution < 1.29 is 9.52 Å². The highest BCUT2D eigenvalue weighted by Gasteiger charge is 2.26. The summed E-state index contributed by atoms with van der Waals surface area (Å²) in [6, 6.07) is 5.90. The molecule has 0 bridgehead atoms. The smallest absolute Gasteiger partial charge is 0.191 e. The maximum absolute atomic E-state index is 10.7. The number of hydrogen-bond acceptors (Lipinski definition) is 5. The Hall–Kier alpha value is -1.83. The van der Waals surface area contributed by atoms with Crippen molar-refractivity contribution in [2.24, 2.45) is 4.99 Å². The molecule has 0 amide bonds. The molecule has 1 aliphatic rings. The topological polar surface area (TPSA) is 73.0 Å². The van der Waals surface area contributed by atoms with E-state index in [0.29, 0.717) is 11.7 Å². The van der Waals surface area contributed by atoms with Crippen LogP contribution in [0.1, 0.15) is 35.8 Å². The van der Waals surface area contributed by atoms with Crippen molar-refractivity contribution >= 4 is 17.3 Å². The third-order valence-corrected chi connectivity index (χ3v) is 5.79. The zero-order chi connectivity index (χ0) is 19.3. The molecule has 27 heavy (non-hydrogen) atoms. The van der Waals surface area contributed by atoms with Crippen molar-refractivity contribution in [3.05, 3.63) is 45.5 Å². The highest BCUT2D eigenvalue weighted by atomic mass is 32.1. The lowest BCUT2D eigenvalue weighted by Crippen LogP contribution is -2.43. The molecule has 148 valence electrons. The maximum atomic E-state index is 10.7. The predicted molar refractivity (Wildman–Crippen MR) is 110 cm³/mol. The average Bonchev–Trinajstić information content (AvgIpc) is 3.28. The summed E-state index contributed by atoms with van der Waals surface area (Å²) in [7, 11) is 0. The Labute approximate surface area is 165 Å². The number of aliphatic hydroxyl groups is 1. The Morgan fingerprint density at radius 2 is 2.22 bits per heavy atom. The number of rotatable bonds is 7. The summed E-state index contributed by atoms with van der Waals surface area (Å²) in [6.45, 7) is 10.6. The molecule has 0 radical (unpaired) electrons. The molecule has 7 heteroatoms. The predicted octanol–water partition coefficient (Wildman–Crippen LogP) is 2.47. The van der Waals surface area contributed by atoms with Gasteiger partial charge in [0, 0.05) is 37.6 Å². The molecule has 0 saturated carbocycles. The zero-order valence-electron chi connectivity index (χ0n) is 16.4. The van der Waals surface area contributed by atoms with Crippen LogP contribution in [0.5, 0.6) is 0 Å². The first-order chi connectivity index (χ1) is 13.0. The monoisotopic (exact) mass is 390 g/mol. The van der Waals surface area contributed by atoms with Crippen molar-refractivity contribution in [2.75, 3.05) is 32.7 Å². The molecule has 0 spiro atoms. The van der Waals surface area contributed by atoms with E-state index in [-0.39, 0.29) is 6.54 Å². The van der Waals surface area contributed by atoms with Gasteiger partial charge in [-0.3, -0.25) is 4.90 Å². The van der Waals surface area contributed by atoms with Gasteiger partial charge in [0.05, 0.1) is 6.54 Å². The quantitative estimate of drug-likeness (QED) is 0.500. The number of thiophene rings is 1. The van der Waals surface area contributed by atoms with Crippen molar-refractivity contribution in [3.8, 4) is 0 Å². The largest absolute Gasteiger partial charge is 0.463 e. The Bertz CT molecular complexity index is 766. The number of aliphatic imine (C=N–C) groups is 1. The zero-order valence-corrected chi connectivity index (χ0v) is 17.2. The molecule has 3 rings (SSSR count). The summed E-state index contributed by atoms with van der Waals surface area (Å²) >= 11 is 1.87. The van der Waals surface area contributed by atoms with Crippen molar-refractivity contribution in [3.63, 3.8) is 0 Å². The van der Waals surface area contributed by atoms with Crippen molar-refractivity contribution in [1.29, 1.82) is 0 Å². The SMILES string of the molecule is CCNC(=NCC(C)(O)c1ccc(C)o1)NCCN1CCc2sccc2C1. The molecule has 0 aromatic carbocycles. The standard InChI is InChI=1S/C20H30N4O2S/c1-4-21-19(23-14-20(3,25)18-6-5-15(2)26-18)22-9-11-24-10-7-17-16(13-24)8-12-27-17/h5-6,8,12,25H,4,7,9-11,13-14H2,1-3H3,(H2,21,22,23). The fourth-order valence-corrected chi connectivity index (χ4v) is 4.10. The Morgan fingerprint density at radius 3 is 2.96 bits per heavy atom. The van der Waals surface area contributed by atoms with Gasteiger partial charge in [0.1, 0.15) is 17.1 Å². The first-order valence-corrected chi connectivity index (χ1v) is 10.4. The number of aryl methyl sites for hydroxylation is 1. The van der Waals surface area contributed by atoms with Gasteiger partial charge < -0.3 is 20.2 Å². The second-order valence-electron chi connectivity index (χ2n) is 7.20. The van der Waals surface area contributed by atoms with Crippen LogP contribution in [0.3, 0.4) is 0 Å². The van der Waals surface area contributed by atoms with E-state index in [2.05, 4.69) is 32.0 Å². The van der Waals surface area contributed by atoms with Crippen LogP contribution in [-0.4, -0.2) is 48.7 Å². The van der Waals surface area contributed by atoms with Crippen LogP contribution in [0.15, 0.2) is 33.0 Å². The van der Waals surface area contributed by atoms with Gasteiger partial charge in [0.15, 0.2) is 5.96 Å². The van der Waals surface area contributed by atoms with Gasteiger partial charge >= 0.3 is 0 Å². The molecule has 1 unspecified atom stereocenters. The van der Waals surface area contributed by atoms with Gasteiger partial charge in [-0.2, -0.15) is 0 Å². The molecular weight excluding hydrogens is 360 g/mol. The van der Waals surface area contributed by atoms with Crippen LogP contribution in [0.25, 0.3) is 0 Å². The number of nitrogens with one attached hydrogen (secondary N) is 2. The molecule has 6 nitrogen and oxygen atoms in total. The number of nitrogens with zero attached hydrogens (tertiary/aromatic N) is 2. The summed E-state index contributed by atoms with van der Waals surface area (Å²) in [6.07, 6.45) is 1.15. The minimum atomic E-state index is -1.13. The molecule has 0 aliphatic carbocycles. The minimum Gasteiger partial charge on any atom is -0.463 e. The highest BCUT2D eigenvalue weighted by Crippen LogP contribution is 2.24. The summed E-state index contributed by atoms with van der Waals surface area (Å²) < 4.78 is 5.56. The maximum Gasteiger partial charge on any atom is 0.191 e. The summed E-state index contributed by atoms with van der Waals surface area (Å²) in [5, 5.41) is 19.5. The van der Waals surface area contributed by atoms with Crippen LogP contribution in [0, 0.1) is 6.92 Å². The Balaban J connectivity index is 1.50. The molecule has 3 N–H and O–H groups in total. The first-order valence-electron chi connectivity index (χ1n) is 9.57. The normalized spacial score (nSPS) is 17.4. The Kier molecular flexibility index (Phi) is 6.57. The molecule has 0 saturated heterocycles. The highest BCUT2D eigenvalue weighted by molar-refractivity contribution is 7.10. The summed E-state index contributed by atoms with van der Waals surface area (Å²) in [4.78, 5) is 8.55. The van der Waals surface area contributed by atoms with Gasteiger partial charge in [0.2, 0.25) is 0 Å². The molecule has 2 aromatic rings. The summed E-state index contributed by atoms with van der Waals surface area (Å²) in [5.74, 6) is 2.04. The van der Waals surface area contributed by atoms with E-state index >= 15 is 0 Å². The van der Waals surface area contributed by atoms with Gasteiger partial charge in [-0.15, -0.1) is 11.3 Å². The average molecular weight is 391 g/mol. The van der Waals surface area contributed by atoms with E-state index in [1.54, 1.807) is 13.0 Å². The van der Waals surface area contributed by atoms with Gasteiger partial charge in [-0.1, -0.05) is 0 Å². The van der Waals surface area contributed by atoms with E-state index < -0.39 is 5.60 Å². The fourth-order valence-electron chi connectivity index (χ4n) is 3.21. The van der Waals surface area contributed by atoms with E-state index in [1.807, 2.05) is 31.3 Å². The van der Waals surface area contributed by atoms with Gasteiger partial charge in [0.25, 0.3) is 0 Å². The third kappa shape index (κ3) is 5.34. The second kappa shape index (κ2) is 8.91. The van der Waals surface area contributed by atoms with Crippen molar-refractivity contribution in [2.45, 2.75) is 39.3 Å². The van der Waals surface area contributed by atoms with Crippen LogP contribution >= 0.6 is 11.3 Å². The number of furan rings is 1. The second-order valence-corrected chi connectivity index (χ2v) is 8.20. The lowest BCUT2D eigenvalue weighted by molar-refractivity contribution is 0.0428. The lowest BCUT2D eigenvalue weighted by atomic mass is 10.0. The molecule has 2 aromatic heterocycles. The fraction of sp³-hybridized carbons (Fsp3) is 0.550. The van der Waals surface area contributed by atoms with Crippen LogP contribution in [0.4, 0.5) is 0 Å². The first kappa shape index (κ1) is 19.9. The number of guanidine groups is 1. The van der Waals surface area contributed by atoms with E-state index in [1.165, 1.54) is 10.4 Å². The van der Waals surface area contributed by atoms with Crippen LogP contribution in [0.2, 0.25) is 0 Å². The molecular formula is C20H30N4O2S. The van der Waals surface area contributed by atoms with Gasteiger partial charge in [-0.05, 0) is 56.3 Å². The van der Waals surface area contributed by atoms with E-state index in [9.17, 15) is 5.11 Å². The van der Waals surface area contributed by atoms with Crippen molar-refractivity contribution in [1.82, 2.24) is 15.5 Å². The molecule has 1 atom stereocenters. The minimum absolute atomic E-state index is 0.233.